The van der Waals surface area contributed by atoms with Gasteiger partial charge in [0.25, 0.3) is 0 Å². The molecule has 4 rings (SSSR count). The predicted molar refractivity (Wildman–Crippen MR) is 92.0 cm³/mol. The SMILES string of the molecule is COc1cc2nn(O[C@@H]3CCC4(C[C@H]3C)OCCO4)cc2cc1Br. The molecule has 0 amide bonds. The molecule has 1 aliphatic carbocycles. The summed E-state index contributed by atoms with van der Waals surface area (Å²) in [6.07, 6.45) is 4.62. The molecule has 0 bridgehead atoms. The molecule has 1 aliphatic heterocycles. The molecule has 1 spiro atoms. The first-order valence-electron chi connectivity index (χ1n) is 8.26. The molecule has 1 saturated heterocycles. The van der Waals surface area contributed by atoms with Crippen LogP contribution in [0.4, 0.5) is 0 Å². The quantitative estimate of drug-likeness (QED) is 0.797. The Kier molecular flexibility index (Phi) is 4.18. The van der Waals surface area contributed by atoms with Crippen LogP contribution in [0.25, 0.3) is 10.9 Å². The second-order valence-electron chi connectivity index (χ2n) is 6.55. The molecule has 1 aromatic heterocycles. The molecule has 2 fully saturated rings. The number of aromatic nitrogens is 2. The Morgan fingerprint density at radius 3 is 2.83 bits per heavy atom. The predicted octanol–water partition coefficient (Wildman–Crippen LogP) is 3.17. The second kappa shape index (κ2) is 6.20. The number of rotatable bonds is 3. The van der Waals surface area contributed by atoms with Crippen LogP contribution < -0.4 is 9.57 Å². The van der Waals surface area contributed by atoms with Gasteiger partial charge < -0.3 is 19.0 Å². The smallest absolute Gasteiger partial charge is 0.169 e. The zero-order valence-electron chi connectivity index (χ0n) is 13.8. The van der Waals surface area contributed by atoms with Crippen molar-refractivity contribution in [2.45, 2.75) is 38.1 Å². The molecular weight excluding hydrogens is 376 g/mol. The van der Waals surface area contributed by atoms with Gasteiger partial charge in [0.1, 0.15) is 11.9 Å². The average Bonchev–Trinajstić information content (AvgIpc) is 3.16. The molecule has 6 nitrogen and oxygen atoms in total. The fourth-order valence-corrected chi connectivity index (χ4v) is 4.16. The minimum atomic E-state index is -0.383. The van der Waals surface area contributed by atoms with Gasteiger partial charge in [-0.05, 0) is 28.4 Å². The van der Waals surface area contributed by atoms with Crippen molar-refractivity contribution >= 4 is 26.8 Å². The Morgan fingerprint density at radius 1 is 1.33 bits per heavy atom. The van der Waals surface area contributed by atoms with Gasteiger partial charge in [-0.3, -0.25) is 0 Å². The standard InChI is InChI=1S/C17H21BrN2O4/c1-11-9-17(22-5-6-23-17)4-3-15(11)24-20-10-12-7-13(18)16(21-2)8-14(12)19-20/h7-8,10-11,15H,3-6,9H2,1-2H3/t11-,15-/m1/s1. The van der Waals surface area contributed by atoms with Crippen LogP contribution in [0.3, 0.4) is 0 Å². The third kappa shape index (κ3) is 2.89. The van der Waals surface area contributed by atoms with Gasteiger partial charge in [-0.25, -0.2) is 0 Å². The number of nitrogens with zero attached hydrogens (tertiary/aromatic N) is 2. The Bertz CT molecular complexity index is 742. The number of hydrogen-bond donors (Lipinski definition) is 0. The lowest BCUT2D eigenvalue weighted by molar-refractivity contribution is -0.206. The lowest BCUT2D eigenvalue weighted by atomic mass is 9.83. The topological polar surface area (TPSA) is 54.7 Å². The molecule has 0 N–H and O–H groups in total. The zero-order chi connectivity index (χ0) is 16.7. The molecular formula is C17H21BrN2O4. The van der Waals surface area contributed by atoms with E-state index in [0.717, 1.165) is 40.4 Å². The fourth-order valence-electron chi connectivity index (χ4n) is 3.64. The lowest BCUT2D eigenvalue weighted by Gasteiger charge is -2.38. The van der Waals surface area contributed by atoms with Crippen molar-refractivity contribution in [2.24, 2.45) is 5.92 Å². The highest BCUT2D eigenvalue weighted by atomic mass is 79.9. The number of halogens is 1. The van der Waals surface area contributed by atoms with Crippen LogP contribution in [0, 0.1) is 5.92 Å². The van der Waals surface area contributed by atoms with Gasteiger partial charge in [0.2, 0.25) is 0 Å². The van der Waals surface area contributed by atoms with Gasteiger partial charge in [0.05, 0.1) is 36.5 Å². The highest BCUT2D eigenvalue weighted by molar-refractivity contribution is 9.10. The molecule has 130 valence electrons. The van der Waals surface area contributed by atoms with Crippen LogP contribution in [-0.2, 0) is 9.47 Å². The summed E-state index contributed by atoms with van der Waals surface area (Å²) in [6, 6.07) is 3.89. The first-order valence-corrected chi connectivity index (χ1v) is 9.06. The highest BCUT2D eigenvalue weighted by Crippen LogP contribution is 2.39. The van der Waals surface area contributed by atoms with Crippen molar-refractivity contribution in [2.75, 3.05) is 20.3 Å². The maximum absolute atomic E-state index is 6.11. The summed E-state index contributed by atoms with van der Waals surface area (Å²) in [5, 5.41) is 5.52. The molecule has 24 heavy (non-hydrogen) atoms. The molecule has 0 radical (unpaired) electrons. The number of hydrogen-bond acceptors (Lipinski definition) is 5. The molecule has 1 aromatic carbocycles. The largest absolute Gasteiger partial charge is 0.495 e. The maximum Gasteiger partial charge on any atom is 0.169 e. The van der Waals surface area contributed by atoms with E-state index in [1.807, 2.05) is 18.3 Å². The number of benzene rings is 1. The Labute approximate surface area is 149 Å². The molecule has 0 unspecified atom stereocenters. The minimum Gasteiger partial charge on any atom is -0.495 e. The van der Waals surface area contributed by atoms with Gasteiger partial charge in [-0.2, -0.15) is 0 Å². The van der Waals surface area contributed by atoms with E-state index in [1.165, 1.54) is 0 Å². The lowest BCUT2D eigenvalue weighted by Crippen LogP contribution is -2.45. The van der Waals surface area contributed by atoms with Crippen LogP contribution in [0.1, 0.15) is 26.2 Å². The van der Waals surface area contributed by atoms with Gasteiger partial charge in [-0.1, -0.05) is 6.92 Å². The summed E-state index contributed by atoms with van der Waals surface area (Å²) >= 11 is 3.50. The molecule has 2 aromatic rings. The second-order valence-corrected chi connectivity index (χ2v) is 7.40. The van der Waals surface area contributed by atoms with Gasteiger partial charge in [0, 0.05) is 30.2 Å². The van der Waals surface area contributed by atoms with Crippen molar-refractivity contribution in [1.29, 1.82) is 0 Å². The third-order valence-corrected chi connectivity index (χ3v) is 5.51. The zero-order valence-corrected chi connectivity index (χ0v) is 15.4. The van der Waals surface area contributed by atoms with E-state index >= 15 is 0 Å². The molecule has 2 heterocycles. The average molecular weight is 397 g/mol. The van der Waals surface area contributed by atoms with Crippen molar-refractivity contribution < 1.29 is 19.0 Å². The van der Waals surface area contributed by atoms with E-state index in [9.17, 15) is 0 Å². The van der Waals surface area contributed by atoms with E-state index in [-0.39, 0.29) is 11.9 Å². The third-order valence-electron chi connectivity index (χ3n) is 4.89. The van der Waals surface area contributed by atoms with Crippen LogP contribution in [0.5, 0.6) is 5.75 Å². The monoisotopic (exact) mass is 396 g/mol. The summed E-state index contributed by atoms with van der Waals surface area (Å²) in [7, 11) is 1.64. The van der Waals surface area contributed by atoms with Crippen molar-refractivity contribution in [3.05, 3.63) is 22.8 Å². The van der Waals surface area contributed by atoms with E-state index < -0.39 is 0 Å². The van der Waals surface area contributed by atoms with Crippen LogP contribution in [-0.4, -0.2) is 42.2 Å². The van der Waals surface area contributed by atoms with Gasteiger partial charge in [0.15, 0.2) is 5.79 Å². The number of ether oxygens (including phenoxy) is 3. The van der Waals surface area contributed by atoms with E-state index in [4.69, 9.17) is 19.0 Å². The fraction of sp³-hybridized carbons (Fsp3) is 0.588. The van der Waals surface area contributed by atoms with Crippen molar-refractivity contribution in [1.82, 2.24) is 9.94 Å². The first kappa shape index (κ1) is 16.2. The maximum atomic E-state index is 6.11. The van der Waals surface area contributed by atoms with Gasteiger partial charge >= 0.3 is 0 Å². The summed E-state index contributed by atoms with van der Waals surface area (Å²) in [6.45, 7) is 3.57. The summed E-state index contributed by atoms with van der Waals surface area (Å²) in [4.78, 5) is 7.68. The highest BCUT2D eigenvalue weighted by Gasteiger charge is 2.44. The van der Waals surface area contributed by atoms with Crippen LogP contribution in [0.2, 0.25) is 0 Å². The van der Waals surface area contributed by atoms with Crippen LogP contribution >= 0.6 is 15.9 Å². The first-order chi connectivity index (χ1) is 11.6. The molecule has 7 heteroatoms. The molecule has 1 saturated carbocycles. The van der Waals surface area contributed by atoms with E-state index in [1.54, 1.807) is 12.0 Å². The Balaban J connectivity index is 1.50. The van der Waals surface area contributed by atoms with E-state index in [0.29, 0.717) is 19.1 Å². The Morgan fingerprint density at radius 2 is 2.12 bits per heavy atom. The Hall–Kier alpha value is -1.31. The summed E-state index contributed by atoms with van der Waals surface area (Å²) in [5.41, 5.74) is 0.845. The van der Waals surface area contributed by atoms with Crippen molar-refractivity contribution in [3.63, 3.8) is 0 Å². The number of methoxy groups -OCH3 is 1. The van der Waals surface area contributed by atoms with Crippen molar-refractivity contribution in [3.8, 4) is 5.75 Å². The minimum absolute atomic E-state index is 0.100. The summed E-state index contributed by atoms with van der Waals surface area (Å²) in [5.74, 6) is 0.716. The molecule has 2 aliphatic rings. The normalized spacial score (nSPS) is 26.1. The summed E-state index contributed by atoms with van der Waals surface area (Å²) < 4.78 is 17.9. The van der Waals surface area contributed by atoms with E-state index in [2.05, 4.69) is 28.0 Å². The molecule has 2 atom stereocenters. The van der Waals surface area contributed by atoms with Gasteiger partial charge in [-0.15, -0.1) is 9.94 Å². The number of fused-ring (bicyclic) bond motifs is 1. The van der Waals surface area contributed by atoms with Crippen LogP contribution in [0.15, 0.2) is 22.8 Å².